The zero-order valence-corrected chi connectivity index (χ0v) is 14.6. The summed E-state index contributed by atoms with van der Waals surface area (Å²) in [6, 6.07) is 1.53. The zero-order chi connectivity index (χ0) is 17.7. The first-order valence-corrected chi connectivity index (χ1v) is 7.41. The fraction of sp³-hybridized carbons (Fsp3) is 0.562. The van der Waals surface area contributed by atoms with Crippen molar-refractivity contribution in [2.75, 3.05) is 0 Å². The Labute approximate surface area is 134 Å². The quantitative estimate of drug-likeness (QED) is 0.744. The van der Waals surface area contributed by atoms with Gasteiger partial charge in [-0.3, -0.25) is 13.9 Å². The molecule has 0 saturated heterocycles. The average molecular weight is 321 g/mol. The second-order valence-electron chi connectivity index (χ2n) is 7.56. The lowest BCUT2D eigenvalue weighted by Gasteiger charge is -2.23. The number of aromatic nitrogens is 3. The van der Waals surface area contributed by atoms with Crippen molar-refractivity contribution in [3.63, 3.8) is 0 Å². The second-order valence-corrected chi connectivity index (χ2v) is 7.56. The molecule has 7 nitrogen and oxygen atoms in total. The molecule has 2 aromatic heterocycles. The minimum atomic E-state index is -0.674. The van der Waals surface area contributed by atoms with Crippen molar-refractivity contribution in [3.05, 3.63) is 33.1 Å². The summed E-state index contributed by atoms with van der Waals surface area (Å²) in [4.78, 5) is 37.5. The van der Waals surface area contributed by atoms with Gasteiger partial charge in [0.15, 0.2) is 0 Å². The van der Waals surface area contributed by atoms with Crippen molar-refractivity contribution >= 4 is 17.1 Å². The van der Waals surface area contributed by atoms with E-state index in [4.69, 9.17) is 4.74 Å². The predicted molar refractivity (Wildman–Crippen MR) is 88.1 cm³/mol. The number of ether oxygens (including phenoxy) is 1. The minimum absolute atomic E-state index is 0.231. The van der Waals surface area contributed by atoms with E-state index < -0.39 is 28.5 Å². The standard InChI is InChI=1S/C16H23N3O4/c1-15(2,3)19-12(20)10-8-9-18(11(10)17(7)13(19)21)14(22)23-16(4,5)6/h8-9H,1-7H3. The van der Waals surface area contributed by atoms with E-state index in [1.807, 2.05) is 0 Å². The first-order chi connectivity index (χ1) is 10.3. The Morgan fingerprint density at radius 1 is 1.09 bits per heavy atom. The van der Waals surface area contributed by atoms with E-state index in [9.17, 15) is 14.4 Å². The lowest BCUT2D eigenvalue weighted by Crippen LogP contribution is -2.47. The first-order valence-electron chi connectivity index (χ1n) is 7.41. The molecule has 0 bridgehead atoms. The van der Waals surface area contributed by atoms with Crippen LogP contribution in [0.3, 0.4) is 0 Å². The van der Waals surface area contributed by atoms with Crippen molar-refractivity contribution in [3.8, 4) is 0 Å². The molecule has 0 spiro atoms. The molecule has 0 aliphatic heterocycles. The molecule has 0 N–H and O–H groups in total. The van der Waals surface area contributed by atoms with E-state index in [1.165, 1.54) is 33.0 Å². The van der Waals surface area contributed by atoms with E-state index in [1.54, 1.807) is 41.5 Å². The summed E-state index contributed by atoms with van der Waals surface area (Å²) in [5, 5.41) is 0.299. The van der Waals surface area contributed by atoms with Gasteiger partial charge in [-0.25, -0.2) is 14.2 Å². The maximum atomic E-state index is 12.7. The van der Waals surface area contributed by atoms with Gasteiger partial charge in [0.2, 0.25) is 0 Å². The molecule has 0 aliphatic rings. The highest BCUT2D eigenvalue weighted by atomic mass is 16.6. The first kappa shape index (κ1) is 17.1. The third kappa shape index (κ3) is 2.95. The highest BCUT2D eigenvalue weighted by molar-refractivity contribution is 5.86. The number of rotatable bonds is 0. The molecular formula is C16H23N3O4. The monoisotopic (exact) mass is 321 g/mol. The minimum Gasteiger partial charge on any atom is -0.443 e. The van der Waals surface area contributed by atoms with Crippen molar-refractivity contribution in [1.29, 1.82) is 0 Å². The number of fused-ring (bicyclic) bond motifs is 1. The molecule has 2 rings (SSSR count). The fourth-order valence-corrected chi connectivity index (χ4v) is 2.43. The van der Waals surface area contributed by atoms with E-state index in [-0.39, 0.29) is 5.65 Å². The van der Waals surface area contributed by atoms with Gasteiger partial charge in [-0.1, -0.05) is 0 Å². The summed E-state index contributed by atoms with van der Waals surface area (Å²) in [6.07, 6.45) is 0.822. The molecule has 0 aliphatic carbocycles. The van der Waals surface area contributed by atoms with Crippen LogP contribution in [0.2, 0.25) is 0 Å². The number of carbonyl (C=O) groups is 1. The van der Waals surface area contributed by atoms with Crippen LogP contribution in [0.4, 0.5) is 4.79 Å². The van der Waals surface area contributed by atoms with Gasteiger partial charge in [-0.05, 0) is 47.6 Å². The van der Waals surface area contributed by atoms with Gasteiger partial charge in [0.25, 0.3) is 5.56 Å². The van der Waals surface area contributed by atoms with Crippen LogP contribution < -0.4 is 11.2 Å². The fourth-order valence-electron chi connectivity index (χ4n) is 2.43. The summed E-state index contributed by atoms with van der Waals surface area (Å²) in [5.41, 5.74) is -1.99. The maximum absolute atomic E-state index is 12.7. The zero-order valence-electron chi connectivity index (χ0n) is 14.6. The van der Waals surface area contributed by atoms with Crippen LogP contribution in [0, 0.1) is 0 Å². The molecule has 2 heterocycles. The van der Waals surface area contributed by atoms with Gasteiger partial charge in [0.05, 0.1) is 5.39 Å². The molecule has 0 unspecified atom stereocenters. The highest BCUT2D eigenvalue weighted by Crippen LogP contribution is 2.16. The number of hydrogen-bond acceptors (Lipinski definition) is 4. The van der Waals surface area contributed by atoms with Gasteiger partial charge in [-0.15, -0.1) is 0 Å². The molecule has 0 fully saturated rings. The van der Waals surface area contributed by atoms with Crippen LogP contribution >= 0.6 is 0 Å². The molecule has 7 heteroatoms. The molecule has 0 amide bonds. The summed E-state index contributed by atoms with van der Waals surface area (Å²) >= 11 is 0. The van der Waals surface area contributed by atoms with Crippen LogP contribution in [-0.4, -0.2) is 25.4 Å². The van der Waals surface area contributed by atoms with Crippen molar-refractivity contribution < 1.29 is 9.53 Å². The molecule has 0 aromatic carbocycles. The molecule has 23 heavy (non-hydrogen) atoms. The Hall–Kier alpha value is -2.31. The van der Waals surface area contributed by atoms with Crippen LogP contribution in [0.25, 0.3) is 11.0 Å². The van der Waals surface area contributed by atoms with Gasteiger partial charge in [-0.2, -0.15) is 0 Å². The Balaban J connectivity index is 2.79. The SMILES string of the molecule is Cn1c(=O)n(C(C)(C)C)c(=O)c2ccn(C(=O)OC(C)(C)C)c21. The van der Waals surface area contributed by atoms with Gasteiger partial charge >= 0.3 is 11.8 Å². The molecule has 0 radical (unpaired) electrons. The topological polar surface area (TPSA) is 75.2 Å². The van der Waals surface area contributed by atoms with E-state index >= 15 is 0 Å². The summed E-state index contributed by atoms with van der Waals surface area (Å²) in [6.45, 7) is 10.6. The summed E-state index contributed by atoms with van der Waals surface area (Å²) in [7, 11) is 1.53. The van der Waals surface area contributed by atoms with E-state index in [0.29, 0.717) is 5.39 Å². The molecular weight excluding hydrogens is 298 g/mol. The molecule has 2 aromatic rings. The third-order valence-corrected chi connectivity index (χ3v) is 3.35. The lowest BCUT2D eigenvalue weighted by molar-refractivity contribution is 0.0542. The van der Waals surface area contributed by atoms with E-state index in [0.717, 1.165) is 0 Å². The smallest absolute Gasteiger partial charge is 0.420 e. The number of aryl methyl sites for hydroxylation is 1. The Morgan fingerprint density at radius 3 is 2.13 bits per heavy atom. The van der Waals surface area contributed by atoms with Crippen LogP contribution in [0.1, 0.15) is 41.5 Å². The van der Waals surface area contributed by atoms with Crippen molar-refractivity contribution in [2.45, 2.75) is 52.7 Å². The van der Waals surface area contributed by atoms with Gasteiger partial charge in [0, 0.05) is 18.8 Å². The highest BCUT2D eigenvalue weighted by Gasteiger charge is 2.25. The maximum Gasteiger partial charge on any atom is 0.420 e. The predicted octanol–water partition coefficient (Wildman–Crippen LogP) is 2.04. The van der Waals surface area contributed by atoms with Gasteiger partial charge < -0.3 is 4.74 Å². The normalized spacial score (nSPS) is 12.7. The van der Waals surface area contributed by atoms with Crippen LogP contribution in [-0.2, 0) is 17.3 Å². The molecule has 0 saturated carbocycles. The number of nitrogens with zero attached hydrogens (tertiary/aromatic N) is 3. The van der Waals surface area contributed by atoms with E-state index in [2.05, 4.69) is 0 Å². The van der Waals surface area contributed by atoms with Gasteiger partial charge in [0.1, 0.15) is 11.2 Å². The van der Waals surface area contributed by atoms with Crippen LogP contribution in [0.5, 0.6) is 0 Å². The molecule has 0 atom stereocenters. The largest absolute Gasteiger partial charge is 0.443 e. The Bertz CT molecular complexity index is 885. The Kier molecular flexibility index (Phi) is 3.79. The number of carbonyl (C=O) groups excluding carboxylic acids is 1. The lowest BCUT2D eigenvalue weighted by atomic mass is 10.1. The third-order valence-electron chi connectivity index (χ3n) is 3.35. The summed E-state index contributed by atoms with van der Waals surface area (Å²) < 4.78 is 9.00. The molecule has 126 valence electrons. The number of hydrogen-bond donors (Lipinski definition) is 0. The second kappa shape index (κ2) is 5.11. The summed E-state index contributed by atoms with van der Waals surface area (Å²) in [5.74, 6) is 0. The van der Waals surface area contributed by atoms with Crippen LogP contribution in [0.15, 0.2) is 21.9 Å². The average Bonchev–Trinajstić information content (AvgIpc) is 2.77. The van der Waals surface area contributed by atoms with Crippen molar-refractivity contribution in [2.24, 2.45) is 7.05 Å². The van der Waals surface area contributed by atoms with Crippen molar-refractivity contribution in [1.82, 2.24) is 13.7 Å². The Morgan fingerprint density at radius 2 is 1.65 bits per heavy atom.